The highest BCUT2D eigenvalue weighted by Crippen LogP contribution is 2.39. The Kier molecular flexibility index (Phi) is 4.27. The van der Waals surface area contributed by atoms with Crippen LogP contribution in [0.3, 0.4) is 0 Å². The first-order valence-corrected chi connectivity index (χ1v) is 8.94. The van der Waals surface area contributed by atoms with Gasteiger partial charge < -0.3 is 0 Å². The number of pyridine rings is 1. The third-order valence-corrected chi connectivity index (χ3v) is 5.19. The summed E-state index contributed by atoms with van der Waals surface area (Å²) in [4.78, 5) is 31.2. The van der Waals surface area contributed by atoms with Gasteiger partial charge in [0, 0.05) is 13.0 Å². The van der Waals surface area contributed by atoms with Crippen LogP contribution in [-0.4, -0.2) is 34.0 Å². The molecule has 3 amide bonds. The van der Waals surface area contributed by atoms with E-state index in [1.807, 2.05) is 0 Å². The van der Waals surface area contributed by atoms with Crippen LogP contribution in [0.25, 0.3) is 0 Å². The highest BCUT2D eigenvalue weighted by atomic mass is 35.5. The molecular formula is C18H13Cl2N5O2. The molecule has 1 aromatic heterocycles. The molecule has 1 atom stereocenters. The third kappa shape index (κ3) is 2.82. The maximum Gasteiger partial charge on any atom is 0.346 e. The number of urea groups is 1. The van der Waals surface area contributed by atoms with Crippen LogP contribution in [0.4, 0.5) is 10.5 Å². The van der Waals surface area contributed by atoms with Crippen molar-refractivity contribution in [2.24, 2.45) is 0 Å². The summed E-state index contributed by atoms with van der Waals surface area (Å²) in [5.74, 6) is -0.347. The second-order valence-electron chi connectivity index (χ2n) is 6.40. The van der Waals surface area contributed by atoms with Crippen LogP contribution >= 0.6 is 23.2 Å². The SMILES string of the molecule is N#Cc1ccc(CC23CCNN2C(=O)N(c2cc(Cl)nc(Cl)c2)C3=O)cc1. The van der Waals surface area contributed by atoms with E-state index in [4.69, 9.17) is 28.5 Å². The monoisotopic (exact) mass is 401 g/mol. The minimum atomic E-state index is -1.03. The van der Waals surface area contributed by atoms with Crippen molar-refractivity contribution in [1.29, 1.82) is 5.26 Å². The first-order valence-electron chi connectivity index (χ1n) is 8.19. The van der Waals surface area contributed by atoms with Gasteiger partial charge in [-0.2, -0.15) is 5.26 Å². The molecule has 136 valence electrons. The van der Waals surface area contributed by atoms with E-state index in [1.165, 1.54) is 17.1 Å². The highest BCUT2D eigenvalue weighted by Gasteiger charge is 2.60. The maximum absolute atomic E-state index is 13.3. The number of aromatic nitrogens is 1. The van der Waals surface area contributed by atoms with E-state index in [1.54, 1.807) is 24.3 Å². The van der Waals surface area contributed by atoms with Crippen LogP contribution in [0.1, 0.15) is 17.5 Å². The zero-order valence-corrected chi connectivity index (χ0v) is 15.5. The lowest BCUT2D eigenvalue weighted by Gasteiger charge is -2.27. The van der Waals surface area contributed by atoms with Gasteiger partial charge in [-0.1, -0.05) is 35.3 Å². The smallest absolute Gasteiger partial charge is 0.271 e. The number of hydrogen-bond donors (Lipinski definition) is 1. The third-order valence-electron chi connectivity index (χ3n) is 4.81. The highest BCUT2D eigenvalue weighted by molar-refractivity contribution is 6.33. The van der Waals surface area contributed by atoms with Crippen LogP contribution in [-0.2, 0) is 11.2 Å². The van der Waals surface area contributed by atoms with E-state index in [0.717, 1.165) is 10.5 Å². The number of carbonyl (C=O) groups excluding carboxylic acids is 2. The summed E-state index contributed by atoms with van der Waals surface area (Å²) >= 11 is 11.9. The molecule has 2 fully saturated rings. The second-order valence-corrected chi connectivity index (χ2v) is 7.18. The fraction of sp³-hybridized carbons (Fsp3) is 0.222. The Bertz CT molecular complexity index is 968. The van der Waals surface area contributed by atoms with Crippen LogP contribution in [0.5, 0.6) is 0 Å². The number of imide groups is 1. The minimum Gasteiger partial charge on any atom is -0.271 e. The van der Waals surface area contributed by atoms with E-state index in [2.05, 4.69) is 16.5 Å². The molecule has 3 heterocycles. The fourth-order valence-corrected chi connectivity index (χ4v) is 4.02. The van der Waals surface area contributed by atoms with E-state index >= 15 is 0 Å². The molecule has 2 aliphatic heterocycles. The minimum absolute atomic E-state index is 0.0965. The summed E-state index contributed by atoms with van der Waals surface area (Å²) in [6.45, 7) is 0.513. The number of hydrogen-bond acceptors (Lipinski definition) is 5. The number of anilines is 1. The molecular weight excluding hydrogens is 389 g/mol. The van der Waals surface area contributed by atoms with Crippen LogP contribution in [0.15, 0.2) is 36.4 Å². The van der Waals surface area contributed by atoms with Crippen molar-refractivity contribution in [1.82, 2.24) is 15.4 Å². The number of benzene rings is 1. The number of hydrazine groups is 1. The number of nitrogens with one attached hydrogen (secondary N) is 1. The van der Waals surface area contributed by atoms with Crippen molar-refractivity contribution in [3.63, 3.8) is 0 Å². The van der Waals surface area contributed by atoms with Gasteiger partial charge >= 0.3 is 6.03 Å². The van der Waals surface area contributed by atoms with Gasteiger partial charge in [-0.05, 0) is 36.2 Å². The van der Waals surface area contributed by atoms with Gasteiger partial charge in [0.2, 0.25) is 0 Å². The van der Waals surface area contributed by atoms with Crippen molar-refractivity contribution >= 4 is 40.8 Å². The Morgan fingerprint density at radius 3 is 2.48 bits per heavy atom. The van der Waals surface area contributed by atoms with Crippen molar-refractivity contribution < 1.29 is 9.59 Å². The summed E-state index contributed by atoms with van der Waals surface area (Å²) < 4.78 is 0. The molecule has 0 radical (unpaired) electrons. The van der Waals surface area contributed by atoms with Gasteiger partial charge in [0.15, 0.2) is 0 Å². The zero-order valence-electron chi connectivity index (χ0n) is 13.9. The summed E-state index contributed by atoms with van der Waals surface area (Å²) in [7, 11) is 0. The molecule has 2 saturated heterocycles. The van der Waals surface area contributed by atoms with E-state index in [0.29, 0.717) is 24.9 Å². The Hall–Kier alpha value is -2.66. The van der Waals surface area contributed by atoms with Crippen LogP contribution < -0.4 is 10.3 Å². The molecule has 2 aromatic rings. The van der Waals surface area contributed by atoms with E-state index in [-0.39, 0.29) is 21.9 Å². The average molecular weight is 402 g/mol. The van der Waals surface area contributed by atoms with E-state index in [9.17, 15) is 9.59 Å². The molecule has 27 heavy (non-hydrogen) atoms. The number of halogens is 2. The molecule has 0 spiro atoms. The summed E-state index contributed by atoms with van der Waals surface area (Å²) in [5, 5.41) is 10.5. The van der Waals surface area contributed by atoms with Gasteiger partial charge in [-0.25, -0.2) is 25.1 Å². The lowest BCUT2D eigenvalue weighted by Crippen LogP contribution is -2.49. The Morgan fingerprint density at radius 1 is 1.19 bits per heavy atom. The number of rotatable bonds is 3. The number of amides is 3. The number of fused-ring (bicyclic) bond motifs is 1. The van der Waals surface area contributed by atoms with Crippen molar-refractivity contribution in [2.75, 3.05) is 11.4 Å². The number of nitriles is 1. The number of nitrogens with zero attached hydrogens (tertiary/aromatic N) is 4. The standard InChI is InChI=1S/C18H13Cl2N5O2/c19-14-7-13(8-15(20)23-14)24-16(26)18(5-6-22-25(18)17(24)27)9-11-1-3-12(10-21)4-2-11/h1-4,7-8,22H,5-6,9H2. The van der Waals surface area contributed by atoms with Gasteiger partial charge in [-0.3, -0.25) is 4.79 Å². The van der Waals surface area contributed by atoms with Crippen molar-refractivity contribution in [2.45, 2.75) is 18.4 Å². The quantitative estimate of drug-likeness (QED) is 0.630. The summed E-state index contributed by atoms with van der Waals surface area (Å²) in [6.07, 6.45) is 0.806. The van der Waals surface area contributed by atoms with Gasteiger partial charge in [0.1, 0.15) is 15.8 Å². The molecule has 4 rings (SSSR count). The zero-order chi connectivity index (χ0) is 19.2. The number of carbonyl (C=O) groups is 2. The summed E-state index contributed by atoms with van der Waals surface area (Å²) in [6, 6.07) is 11.4. The molecule has 9 heteroatoms. The second kappa shape index (κ2) is 6.50. The first kappa shape index (κ1) is 17.7. The maximum atomic E-state index is 13.3. The average Bonchev–Trinajstić information content (AvgIpc) is 3.13. The molecule has 1 unspecified atom stereocenters. The molecule has 1 N–H and O–H groups in total. The van der Waals surface area contributed by atoms with Crippen molar-refractivity contribution in [3.8, 4) is 6.07 Å². The molecule has 0 bridgehead atoms. The predicted molar refractivity (Wildman–Crippen MR) is 99.2 cm³/mol. The molecule has 0 saturated carbocycles. The van der Waals surface area contributed by atoms with Crippen LogP contribution in [0, 0.1) is 11.3 Å². The Labute approximate surface area is 165 Å². The Balaban J connectivity index is 1.72. The first-order chi connectivity index (χ1) is 12.9. The topological polar surface area (TPSA) is 89.3 Å². The van der Waals surface area contributed by atoms with Crippen molar-refractivity contribution in [3.05, 3.63) is 57.8 Å². The van der Waals surface area contributed by atoms with Crippen LogP contribution in [0.2, 0.25) is 10.3 Å². The molecule has 2 aliphatic rings. The van der Waals surface area contributed by atoms with Gasteiger partial charge in [0.05, 0.1) is 17.3 Å². The van der Waals surface area contributed by atoms with Gasteiger partial charge in [-0.15, -0.1) is 0 Å². The lowest BCUT2D eigenvalue weighted by molar-refractivity contribution is -0.124. The molecule has 1 aromatic carbocycles. The normalized spacial score (nSPS) is 21.5. The molecule has 7 nitrogen and oxygen atoms in total. The largest absolute Gasteiger partial charge is 0.346 e. The van der Waals surface area contributed by atoms with Gasteiger partial charge in [0.25, 0.3) is 5.91 Å². The molecule has 0 aliphatic carbocycles. The summed E-state index contributed by atoms with van der Waals surface area (Å²) in [5.41, 5.74) is 3.64. The predicted octanol–water partition coefficient (Wildman–Crippen LogP) is 2.92. The fourth-order valence-electron chi connectivity index (χ4n) is 3.57. The lowest BCUT2D eigenvalue weighted by atomic mass is 9.88. The Morgan fingerprint density at radius 2 is 1.85 bits per heavy atom. The van der Waals surface area contributed by atoms with E-state index < -0.39 is 11.6 Å².